The molecule has 2 aromatic carbocycles. The molecule has 8 heteroatoms. The Morgan fingerprint density at radius 2 is 1.67 bits per heavy atom. The average molecular weight is 410 g/mol. The lowest BCUT2D eigenvalue weighted by molar-refractivity contribution is -0.140. The third-order valence-corrected chi connectivity index (χ3v) is 4.69. The lowest BCUT2D eigenvalue weighted by atomic mass is 10.1. The summed E-state index contributed by atoms with van der Waals surface area (Å²) in [6.07, 6.45) is 0. The number of anilines is 2. The van der Waals surface area contributed by atoms with Gasteiger partial charge in [0.2, 0.25) is 0 Å². The topological polar surface area (TPSA) is 85.4 Å². The molecule has 0 saturated heterocycles. The van der Waals surface area contributed by atoms with Gasteiger partial charge >= 0.3 is 11.9 Å². The second-order valence-corrected chi connectivity index (χ2v) is 6.47. The lowest BCUT2D eigenvalue weighted by Crippen LogP contribution is -2.39. The zero-order valence-electron chi connectivity index (χ0n) is 17.0. The first kappa shape index (κ1) is 21.1. The number of rotatable bonds is 5. The number of ether oxygens (including phenoxy) is 3. The Morgan fingerprint density at radius 3 is 2.33 bits per heavy atom. The molecule has 0 aliphatic carbocycles. The molecule has 3 rings (SSSR count). The fraction of sp³-hybridized carbons (Fsp3) is 0.227. The summed E-state index contributed by atoms with van der Waals surface area (Å²) >= 11 is 0. The van der Waals surface area contributed by atoms with Gasteiger partial charge in [-0.3, -0.25) is 4.79 Å². The quantitative estimate of drug-likeness (QED) is 0.700. The maximum atomic E-state index is 13.0. The molecule has 0 bridgehead atoms. The Labute approximate surface area is 174 Å². The van der Waals surface area contributed by atoms with Gasteiger partial charge in [-0.1, -0.05) is 24.3 Å². The van der Waals surface area contributed by atoms with Gasteiger partial charge in [0.25, 0.3) is 5.91 Å². The molecule has 2 aromatic rings. The monoisotopic (exact) mass is 410 g/mol. The molecule has 156 valence electrons. The summed E-state index contributed by atoms with van der Waals surface area (Å²) in [5, 5.41) is 0. The SMILES string of the molecule is COC(=O)C1=C(C(=O)OC)N(c2cccc(C(=O)N(C)c3ccccc3)c2)COC1. The van der Waals surface area contributed by atoms with Gasteiger partial charge in [0.15, 0.2) is 0 Å². The van der Waals surface area contributed by atoms with Crippen molar-refractivity contribution in [2.45, 2.75) is 0 Å². The van der Waals surface area contributed by atoms with Crippen LogP contribution in [0.4, 0.5) is 11.4 Å². The summed E-state index contributed by atoms with van der Waals surface area (Å²) in [4.78, 5) is 40.6. The van der Waals surface area contributed by atoms with E-state index in [-0.39, 0.29) is 30.5 Å². The highest BCUT2D eigenvalue weighted by atomic mass is 16.5. The van der Waals surface area contributed by atoms with Crippen molar-refractivity contribution in [3.05, 3.63) is 71.4 Å². The van der Waals surface area contributed by atoms with Crippen molar-refractivity contribution in [2.75, 3.05) is 44.4 Å². The van der Waals surface area contributed by atoms with Gasteiger partial charge in [0, 0.05) is 24.0 Å². The standard InChI is InChI=1S/C22H22N2O6/c1-23(16-9-5-4-6-10-16)20(25)15-8-7-11-17(12-15)24-14-30-13-18(21(26)28-2)19(24)22(27)29-3/h4-12H,13-14H2,1-3H3. The molecular weight excluding hydrogens is 388 g/mol. The molecule has 30 heavy (non-hydrogen) atoms. The van der Waals surface area contributed by atoms with E-state index in [2.05, 4.69) is 0 Å². The van der Waals surface area contributed by atoms with Crippen molar-refractivity contribution in [1.29, 1.82) is 0 Å². The van der Waals surface area contributed by atoms with Crippen LogP contribution in [0.15, 0.2) is 65.9 Å². The number of methoxy groups -OCH3 is 2. The van der Waals surface area contributed by atoms with Crippen LogP contribution in [0.1, 0.15) is 10.4 Å². The van der Waals surface area contributed by atoms with E-state index < -0.39 is 11.9 Å². The minimum Gasteiger partial charge on any atom is -0.466 e. The predicted octanol–water partition coefficient (Wildman–Crippen LogP) is 2.36. The van der Waals surface area contributed by atoms with Crippen LogP contribution in [0, 0.1) is 0 Å². The van der Waals surface area contributed by atoms with Crippen LogP contribution < -0.4 is 9.80 Å². The van der Waals surface area contributed by atoms with E-state index in [0.29, 0.717) is 11.3 Å². The smallest absolute Gasteiger partial charge is 0.355 e. The Morgan fingerprint density at radius 1 is 0.967 bits per heavy atom. The Kier molecular flexibility index (Phi) is 6.48. The van der Waals surface area contributed by atoms with E-state index in [4.69, 9.17) is 14.2 Å². The second kappa shape index (κ2) is 9.23. The minimum absolute atomic E-state index is 0.0110. The highest BCUT2D eigenvalue weighted by molar-refractivity contribution is 6.07. The zero-order valence-corrected chi connectivity index (χ0v) is 17.0. The number of carbonyl (C=O) groups excluding carboxylic acids is 3. The third kappa shape index (κ3) is 4.18. The minimum atomic E-state index is -0.697. The molecule has 1 heterocycles. The second-order valence-electron chi connectivity index (χ2n) is 6.47. The number of carbonyl (C=O) groups is 3. The normalized spacial score (nSPS) is 13.6. The maximum absolute atomic E-state index is 13.0. The first-order valence-electron chi connectivity index (χ1n) is 9.16. The molecule has 1 amide bonds. The van der Waals surface area contributed by atoms with Crippen molar-refractivity contribution in [3.63, 3.8) is 0 Å². The van der Waals surface area contributed by atoms with Crippen LogP contribution in [0.5, 0.6) is 0 Å². The molecular formula is C22H22N2O6. The van der Waals surface area contributed by atoms with Crippen LogP contribution in [-0.4, -0.2) is 52.5 Å². The maximum Gasteiger partial charge on any atom is 0.355 e. The van der Waals surface area contributed by atoms with Crippen LogP contribution in [0.3, 0.4) is 0 Å². The number of hydrogen-bond acceptors (Lipinski definition) is 7. The van der Waals surface area contributed by atoms with E-state index in [1.807, 2.05) is 30.3 Å². The summed E-state index contributed by atoms with van der Waals surface area (Å²) in [5.41, 5.74) is 1.74. The molecule has 0 unspecified atom stereocenters. The zero-order chi connectivity index (χ0) is 21.7. The third-order valence-electron chi connectivity index (χ3n) is 4.69. The van der Waals surface area contributed by atoms with Gasteiger partial charge in [-0.05, 0) is 30.3 Å². The van der Waals surface area contributed by atoms with E-state index >= 15 is 0 Å². The molecule has 0 fully saturated rings. The lowest BCUT2D eigenvalue weighted by Gasteiger charge is -2.31. The molecule has 0 saturated carbocycles. The highest BCUT2D eigenvalue weighted by Crippen LogP contribution is 2.28. The van der Waals surface area contributed by atoms with Crippen LogP contribution in [0.2, 0.25) is 0 Å². The van der Waals surface area contributed by atoms with E-state index in [9.17, 15) is 14.4 Å². The Balaban J connectivity index is 1.98. The number of hydrogen-bond donors (Lipinski definition) is 0. The first-order valence-corrected chi connectivity index (χ1v) is 9.16. The summed E-state index contributed by atoms with van der Waals surface area (Å²) in [5.74, 6) is -1.61. The van der Waals surface area contributed by atoms with Crippen LogP contribution >= 0.6 is 0 Å². The van der Waals surface area contributed by atoms with Crippen LogP contribution in [0.25, 0.3) is 0 Å². The van der Waals surface area contributed by atoms with Crippen molar-refractivity contribution in [2.24, 2.45) is 0 Å². The summed E-state index contributed by atoms with van der Waals surface area (Å²) < 4.78 is 15.1. The fourth-order valence-electron chi connectivity index (χ4n) is 3.12. The van der Waals surface area contributed by atoms with Gasteiger partial charge in [-0.25, -0.2) is 9.59 Å². The van der Waals surface area contributed by atoms with Gasteiger partial charge < -0.3 is 24.0 Å². The van der Waals surface area contributed by atoms with Crippen molar-refractivity contribution >= 4 is 29.2 Å². The molecule has 0 atom stereocenters. The molecule has 0 radical (unpaired) electrons. The Bertz CT molecular complexity index is 986. The molecule has 0 N–H and O–H groups in total. The summed E-state index contributed by atoms with van der Waals surface area (Å²) in [6, 6.07) is 16.0. The van der Waals surface area contributed by atoms with Gasteiger partial charge in [0.1, 0.15) is 12.4 Å². The molecule has 0 aromatic heterocycles. The average Bonchev–Trinajstić information content (AvgIpc) is 2.82. The number of esters is 2. The van der Waals surface area contributed by atoms with Crippen molar-refractivity contribution < 1.29 is 28.6 Å². The van der Waals surface area contributed by atoms with E-state index in [0.717, 1.165) is 5.69 Å². The molecule has 8 nitrogen and oxygen atoms in total. The molecule has 1 aliphatic rings. The van der Waals surface area contributed by atoms with Gasteiger partial charge in [0.05, 0.1) is 26.4 Å². The van der Waals surface area contributed by atoms with Crippen LogP contribution in [-0.2, 0) is 23.8 Å². The number of para-hydroxylation sites is 1. The Hall–Kier alpha value is -3.65. The van der Waals surface area contributed by atoms with Crippen molar-refractivity contribution in [1.82, 2.24) is 0 Å². The molecule has 1 aliphatic heterocycles. The number of benzene rings is 2. The highest BCUT2D eigenvalue weighted by Gasteiger charge is 2.32. The summed E-state index contributed by atoms with van der Waals surface area (Å²) in [7, 11) is 4.14. The van der Waals surface area contributed by atoms with Crippen molar-refractivity contribution in [3.8, 4) is 0 Å². The van der Waals surface area contributed by atoms with E-state index in [1.165, 1.54) is 24.0 Å². The van der Waals surface area contributed by atoms with E-state index in [1.54, 1.807) is 31.3 Å². The van der Waals surface area contributed by atoms with Gasteiger partial charge in [-0.2, -0.15) is 0 Å². The van der Waals surface area contributed by atoms with Gasteiger partial charge in [-0.15, -0.1) is 0 Å². The number of nitrogens with zero attached hydrogens (tertiary/aromatic N) is 2. The largest absolute Gasteiger partial charge is 0.466 e. The summed E-state index contributed by atoms with van der Waals surface area (Å²) in [6.45, 7) is -0.0694. The fourth-order valence-corrected chi connectivity index (χ4v) is 3.12. The predicted molar refractivity (Wildman–Crippen MR) is 110 cm³/mol. The number of amides is 1. The molecule has 0 spiro atoms. The first-order chi connectivity index (χ1) is 14.5.